The number of halogens is 2. The summed E-state index contributed by atoms with van der Waals surface area (Å²) in [5.74, 6) is -0.484. The Bertz CT molecular complexity index is 943. The molecule has 0 saturated carbocycles. The van der Waals surface area contributed by atoms with E-state index >= 15 is 0 Å². The van der Waals surface area contributed by atoms with E-state index in [9.17, 15) is 8.78 Å². The number of hydrogen-bond donors (Lipinski definition) is 0. The van der Waals surface area contributed by atoms with Gasteiger partial charge in [-0.15, -0.1) is 0 Å². The molecular formula is C21H20F2N2O2. The highest BCUT2D eigenvalue weighted by Crippen LogP contribution is 2.45. The molecule has 1 atom stereocenters. The third-order valence-electron chi connectivity index (χ3n) is 4.79. The van der Waals surface area contributed by atoms with Gasteiger partial charge in [-0.05, 0) is 41.8 Å². The number of rotatable bonds is 6. The van der Waals surface area contributed by atoms with Gasteiger partial charge >= 0.3 is 0 Å². The molecule has 0 fully saturated rings. The van der Waals surface area contributed by atoms with E-state index in [1.807, 2.05) is 29.7 Å². The fourth-order valence-corrected chi connectivity index (χ4v) is 3.57. The van der Waals surface area contributed by atoms with Crippen molar-refractivity contribution < 1.29 is 18.3 Å². The molecule has 27 heavy (non-hydrogen) atoms. The van der Waals surface area contributed by atoms with E-state index < -0.39 is 17.2 Å². The van der Waals surface area contributed by atoms with Crippen molar-refractivity contribution in [1.29, 1.82) is 0 Å². The number of fused-ring (bicyclic) bond motifs is 1. The molecule has 4 rings (SSSR count). The maximum absolute atomic E-state index is 14.7. The Kier molecular flexibility index (Phi) is 4.66. The standard InChI is InChI=1S/C21H20F2N2O2/c1-2-9-26-17-4-6-18-15(10-17)12-27-21(18,13-25-8-7-24-14-25)19-5-3-16(22)11-20(19)23/h3-8,10-11,14H,2,9,12-13H2,1H3. The highest BCUT2D eigenvalue weighted by Gasteiger charge is 2.44. The summed E-state index contributed by atoms with van der Waals surface area (Å²) in [5, 5.41) is 0. The lowest BCUT2D eigenvalue weighted by Crippen LogP contribution is -2.33. The second kappa shape index (κ2) is 7.12. The molecule has 2 heterocycles. The minimum absolute atomic E-state index is 0.304. The van der Waals surface area contributed by atoms with Gasteiger partial charge in [-0.1, -0.05) is 13.0 Å². The lowest BCUT2D eigenvalue weighted by Gasteiger charge is -2.31. The number of ether oxygens (including phenoxy) is 2. The summed E-state index contributed by atoms with van der Waals surface area (Å²) in [4.78, 5) is 4.06. The summed E-state index contributed by atoms with van der Waals surface area (Å²) in [6.07, 6.45) is 6.03. The van der Waals surface area contributed by atoms with Crippen molar-refractivity contribution in [3.8, 4) is 5.75 Å². The fourth-order valence-electron chi connectivity index (χ4n) is 3.57. The average Bonchev–Trinajstić information content (AvgIpc) is 3.29. The maximum atomic E-state index is 14.7. The average molecular weight is 370 g/mol. The van der Waals surface area contributed by atoms with Gasteiger partial charge in [0.05, 0.1) is 26.1 Å². The van der Waals surface area contributed by atoms with Crippen LogP contribution in [-0.2, 0) is 23.5 Å². The summed E-state index contributed by atoms with van der Waals surface area (Å²) in [5.41, 5.74) is 1.04. The molecule has 0 spiro atoms. The van der Waals surface area contributed by atoms with Crippen molar-refractivity contribution in [2.24, 2.45) is 0 Å². The van der Waals surface area contributed by atoms with Crippen LogP contribution in [0.3, 0.4) is 0 Å². The van der Waals surface area contributed by atoms with Crippen LogP contribution in [0.5, 0.6) is 5.75 Å². The predicted octanol–water partition coefficient (Wildman–Crippen LogP) is 4.42. The van der Waals surface area contributed by atoms with Gasteiger partial charge in [-0.3, -0.25) is 0 Å². The summed E-state index contributed by atoms with van der Waals surface area (Å²) in [7, 11) is 0. The topological polar surface area (TPSA) is 36.3 Å². The zero-order valence-corrected chi connectivity index (χ0v) is 15.0. The van der Waals surface area contributed by atoms with E-state index in [0.717, 1.165) is 29.4 Å². The molecule has 4 nitrogen and oxygen atoms in total. The zero-order valence-electron chi connectivity index (χ0n) is 15.0. The number of benzene rings is 2. The van der Waals surface area contributed by atoms with Gasteiger partial charge < -0.3 is 14.0 Å². The molecule has 140 valence electrons. The van der Waals surface area contributed by atoms with Crippen LogP contribution in [0.15, 0.2) is 55.1 Å². The van der Waals surface area contributed by atoms with E-state index in [-0.39, 0.29) is 0 Å². The first-order valence-corrected chi connectivity index (χ1v) is 8.94. The van der Waals surface area contributed by atoms with Crippen molar-refractivity contribution in [1.82, 2.24) is 9.55 Å². The molecule has 0 radical (unpaired) electrons. The van der Waals surface area contributed by atoms with Crippen LogP contribution in [0.2, 0.25) is 0 Å². The van der Waals surface area contributed by atoms with Gasteiger partial charge in [0, 0.05) is 24.0 Å². The Hall–Kier alpha value is -2.73. The van der Waals surface area contributed by atoms with Crippen molar-refractivity contribution in [2.75, 3.05) is 6.61 Å². The molecule has 2 aromatic carbocycles. The second-order valence-electron chi connectivity index (χ2n) is 6.64. The maximum Gasteiger partial charge on any atom is 0.140 e. The lowest BCUT2D eigenvalue weighted by atomic mass is 9.85. The summed E-state index contributed by atoms with van der Waals surface area (Å²) in [6, 6.07) is 9.32. The fraction of sp³-hybridized carbons (Fsp3) is 0.286. The number of hydrogen-bond acceptors (Lipinski definition) is 3. The van der Waals surface area contributed by atoms with E-state index in [2.05, 4.69) is 4.98 Å². The minimum atomic E-state index is -1.06. The molecule has 0 amide bonds. The Labute approximate surface area is 156 Å². The predicted molar refractivity (Wildman–Crippen MR) is 96.4 cm³/mol. The van der Waals surface area contributed by atoms with Crippen molar-refractivity contribution >= 4 is 0 Å². The van der Waals surface area contributed by atoms with Crippen LogP contribution in [0.1, 0.15) is 30.0 Å². The molecule has 1 aliphatic heterocycles. The normalized spacial score (nSPS) is 18.5. The van der Waals surface area contributed by atoms with Gasteiger partial charge in [-0.2, -0.15) is 0 Å². The third kappa shape index (κ3) is 3.21. The lowest BCUT2D eigenvalue weighted by molar-refractivity contribution is -0.0205. The van der Waals surface area contributed by atoms with Gasteiger partial charge in [0.2, 0.25) is 0 Å². The molecule has 3 aromatic rings. The Morgan fingerprint density at radius 1 is 1.19 bits per heavy atom. The van der Waals surface area contributed by atoms with Crippen molar-refractivity contribution in [3.63, 3.8) is 0 Å². The molecule has 0 aliphatic carbocycles. The molecule has 1 aromatic heterocycles. The number of aromatic nitrogens is 2. The van der Waals surface area contributed by atoms with Crippen molar-refractivity contribution in [2.45, 2.75) is 32.1 Å². The first kappa shape index (κ1) is 17.7. The van der Waals surface area contributed by atoms with Crippen LogP contribution in [0.25, 0.3) is 0 Å². The largest absolute Gasteiger partial charge is 0.494 e. The van der Waals surface area contributed by atoms with E-state index in [0.29, 0.717) is 25.3 Å². The van der Waals surface area contributed by atoms with Crippen LogP contribution in [0, 0.1) is 11.6 Å². The Balaban J connectivity index is 1.81. The monoisotopic (exact) mass is 370 g/mol. The highest BCUT2D eigenvalue weighted by molar-refractivity contribution is 5.47. The summed E-state index contributed by atoms with van der Waals surface area (Å²) < 4.78 is 42.0. The molecule has 1 unspecified atom stereocenters. The first-order chi connectivity index (χ1) is 13.1. The molecule has 1 aliphatic rings. The molecule has 0 bridgehead atoms. The number of imidazole rings is 1. The second-order valence-corrected chi connectivity index (χ2v) is 6.64. The third-order valence-corrected chi connectivity index (χ3v) is 4.79. The van der Waals surface area contributed by atoms with Gasteiger partial charge in [0.1, 0.15) is 23.0 Å². The Morgan fingerprint density at radius 3 is 2.78 bits per heavy atom. The molecule has 0 saturated heterocycles. The summed E-state index contributed by atoms with van der Waals surface area (Å²) >= 11 is 0. The van der Waals surface area contributed by atoms with Crippen LogP contribution in [-0.4, -0.2) is 16.2 Å². The van der Waals surface area contributed by atoms with Gasteiger partial charge in [0.25, 0.3) is 0 Å². The molecular weight excluding hydrogens is 350 g/mol. The SMILES string of the molecule is CCCOc1ccc2c(c1)COC2(Cn1ccnc1)c1ccc(F)cc1F. The van der Waals surface area contributed by atoms with Gasteiger partial charge in [0.15, 0.2) is 0 Å². The number of nitrogens with zero attached hydrogens (tertiary/aromatic N) is 2. The first-order valence-electron chi connectivity index (χ1n) is 8.94. The zero-order chi connectivity index (χ0) is 18.9. The highest BCUT2D eigenvalue weighted by atomic mass is 19.1. The van der Waals surface area contributed by atoms with Crippen LogP contribution >= 0.6 is 0 Å². The smallest absolute Gasteiger partial charge is 0.140 e. The Morgan fingerprint density at radius 2 is 2.04 bits per heavy atom. The minimum Gasteiger partial charge on any atom is -0.494 e. The van der Waals surface area contributed by atoms with Crippen molar-refractivity contribution in [3.05, 3.63) is 83.4 Å². The van der Waals surface area contributed by atoms with E-state index in [1.165, 1.54) is 12.1 Å². The quantitative estimate of drug-likeness (QED) is 0.644. The summed E-state index contributed by atoms with van der Waals surface area (Å²) in [6.45, 7) is 3.33. The molecule has 6 heteroatoms. The van der Waals surface area contributed by atoms with Gasteiger partial charge in [-0.25, -0.2) is 13.8 Å². The molecule has 0 N–H and O–H groups in total. The van der Waals surface area contributed by atoms with Crippen LogP contribution < -0.4 is 4.74 Å². The van der Waals surface area contributed by atoms with E-state index in [1.54, 1.807) is 18.7 Å². The van der Waals surface area contributed by atoms with E-state index in [4.69, 9.17) is 9.47 Å². The van der Waals surface area contributed by atoms with Crippen LogP contribution in [0.4, 0.5) is 8.78 Å².